The summed E-state index contributed by atoms with van der Waals surface area (Å²) in [5.74, 6) is 1.63. The number of nitrogens with one attached hydrogen (secondary N) is 1. The monoisotopic (exact) mass is 265 g/mol. The van der Waals surface area contributed by atoms with Gasteiger partial charge in [-0.2, -0.15) is 0 Å². The molecule has 0 saturated carbocycles. The first-order valence-electron chi connectivity index (χ1n) is 5.68. The zero-order valence-electron chi connectivity index (χ0n) is 10.1. The summed E-state index contributed by atoms with van der Waals surface area (Å²) in [4.78, 5) is 15.6. The molecule has 0 aliphatic carbocycles. The number of amides is 1. The lowest BCUT2D eigenvalue weighted by molar-refractivity contribution is -0.118. The molecule has 1 aromatic carbocycles. The van der Waals surface area contributed by atoms with Gasteiger partial charge in [-0.25, -0.2) is 4.98 Å². The van der Waals surface area contributed by atoms with Gasteiger partial charge in [0.2, 0.25) is 11.8 Å². The molecular weight excluding hydrogens is 250 g/mol. The molecule has 0 unspecified atom stereocenters. The molecule has 2 rings (SSSR count). The zero-order valence-corrected chi connectivity index (χ0v) is 10.9. The molecule has 5 nitrogen and oxygen atoms in total. The summed E-state index contributed by atoms with van der Waals surface area (Å²) in [5, 5.41) is 2.74. The van der Waals surface area contributed by atoms with E-state index in [0.29, 0.717) is 35.2 Å². The molecule has 0 aliphatic rings. The summed E-state index contributed by atoms with van der Waals surface area (Å²) in [6, 6.07) is 5.36. The van der Waals surface area contributed by atoms with E-state index in [-0.39, 0.29) is 5.91 Å². The topological polar surface area (TPSA) is 81.2 Å². The van der Waals surface area contributed by atoms with E-state index in [1.807, 2.05) is 13.0 Å². The van der Waals surface area contributed by atoms with Gasteiger partial charge in [0.1, 0.15) is 5.52 Å². The first kappa shape index (κ1) is 12.8. The van der Waals surface area contributed by atoms with Crippen LogP contribution in [-0.2, 0) is 10.5 Å². The van der Waals surface area contributed by atoms with E-state index in [2.05, 4.69) is 10.3 Å². The van der Waals surface area contributed by atoms with Gasteiger partial charge in [0.25, 0.3) is 0 Å². The second-order valence-electron chi connectivity index (χ2n) is 3.78. The number of fused-ring (bicyclic) bond motifs is 1. The maximum Gasteiger partial charge on any atom is 0.229 e. The minimum absolute atomic E-state index is 0.0304. The molecule has 1 aromatic heterocycles. The predicted octanol–water partition coefficient (Wildman–Crippen LogP) is 1.78. The molecule has 0 spiro atoms. The lowest BCUT2D eigenvalue weighted by Gasteiger charge is -1.99. The standard InChI is InChI=1S/C12H15N3O2S/c1-2-14-11(16)6-18-7-12-15-9-4-3-8(13)5-10(9)17-12/h3-5H,2,6-7,13H2,1H3,(H,14,16). The van der Waals surface area contributed by atoms with Crippen LogP contribution in [0.2, 0.25) is 0 Å². The largest absolute Gasteiger partial charge is 0.440 e. The summed E-state index contributed by atoms with van der Waals surface area (Å²) >= 11 is 1.47. The smallest absolute Gasteiger partial charge is 0.229 e. The van der Waals surface area contributed by atoms with Crippen LogP contribution in [0.15, 0.2) is 22.6 Å². The number of carbonyl (C=O) groups is 1. The summed E-state index contributed by atoms with van der Waals surface area (Å²) in [7, 11) is 0. The fourth-order valence-corrected chi connectivity index (χ4v) is 2.22. The summed E-state index contributed by atoms with van der Waals surface area (Å²) in [6.07, 6.45) is 0. The van der Waals surface area contributed by atoms with Crippen LogP contribution >= 0.6 is 11.8 Å². The van der Waals surface area contributed by atoms with Gasteiger partial charge in [0.15, 0.2) is 5.58 Å². The van der Waals surface area contributed by atoms with Gasteiger partial charge in [-0.1, -0.05) is 0 Å². The van der Waals surface area contributed by atoms with E-state index in [1.165, 1.54) is 11.8 Å². The van der Waals surface area contributed by atoms with Crippen LogP contribution in [0.1, 0.15) is 12.8 Å². The highest BCUT2D eigenvalue weighted by atomic mass is 32.2. The van der Waals surface area contributed by atoms with Gasteiger partial charge in [-0.3, -0.25) is 4.79 Å². The Bertz CT molecular complexity index is 553. The number of nitrogens with two attached hydrogens (primary N) is 1. The summed E-state index contributed by atoms with van der Waals surface area (Å²) < 4.78 is 5.55. The Balaban J connectivity index is 1.94. The Morgan fingerprint density at radius 3 is 3.17 bits per heavy atom. The molecule has 1 amide bonds. The lowest BCUT2D eigenvalue weighted by Crippen LogP contribution is -2.24. The van der Waals surface area contributed by atoms with Gasteiger partial charge in [-0.05, 0) is 19.1 Å². The van der Waals surface area contributed by atoms with E-state index in [4.69, 9.17) is 10.2 Å². The maximum atomic E-state index is 11.3. The third kappa shape index (κ3) is 3.16. The molecule has 0 bridgehead atoms. The highest BCUT2D eigenvalue weighted by Crippen LogP contribution is 2.21. The molecule has 0 fully saturated rings. The lowest BCUT2D eigenvalue weighted by atomic mass is 10.3. The normalized spacial score (nSPS) is 10.7. The fraction of sp³-hybridized carbons (Fsp3) is 0.333. The van der Waals surface area contributed by atoms with Gasteiger partial charge in [-0.15, -0.1) is 11.8 Å². The van der Waals surface area contributed by atoms with E-state index in [1.54, 1.807) is 12.1 Å². The van der Waals surface area contributed by atoms with E-state index in [9.17, 15) is 4.79 Å². The molecule has 2 aromatic rings. The quantitative estimate of drug-likeness (QED) is 0.805. The first-order valence-corrected chi connectivity index (χ1v) is 6.84. The molecule has 96 valence electrons. The van der Waals surface area contributed by atoms with Crippen LogP contribution in [0, 0.1) is 0 Å². The minimum atomic E-state index is 0.0304. The second kappa shape index (κ2) is 5.77. The number of carbonyl (C=O) groups excluding carboxylic acids is 1. The van der Waals surface area contributed by atoms with Crippen molar-refractivity contribution < 1.29 is 9.21 Å². The number of rotatable bonds is 5. The highest BCUT2D eigenvalue weighted by Gasteiger charge is 2.07. The maximum absolute atomic E-state index is 11.3. The Morgan fingerprint density at radius 2 is 2.39 bits per heavy atom. The number of anilines is 1. The Morgan fingerprint density at radius 1 is 1.56 bits per heavy atom. The number of nitrogen functional groups attached to an aromatic ring is 1. The molecule has 6 heteroatoms. The van der Waals surface area contributed by atoms with E-state index >= 15 is 0 Å². The number of benzene rings is 1. The van der Waals surface area contributed by atoms with Gasteiger partial charge < -0.3 is 15.5 Å². The van der Waals surface area contributed by atoms with Crippen LogP contribution in [0.5, 0.6) is 0 Å². The number of hydrogen-bond acceptors (Lipinski definition) is 5. The summed E-state index contributed by atoms with van der Waals surface area (Å²) in [6.45, 7) is 2.55. The van der Waals surface area contributed by atoms with Crippen LogP contribution < -0.4 is 11.1 Å². The molecular formula is C12H15N3O2S. The minimum Gasteiger partial charge on any atom is -0.440 e. The molecule has 0 aliphatic heterocycles. The van der Waals surface area contributed by atoms with Crippen molar-refractivity contribution in [2.75, 3.05) is 18.0 Å². The molecule has 1 heterocycles. The zero-order chi connectivity index (χ0) is 13.0. The van der Waals surface area contributed by atoms with Crippen molar-refractivity contribution in [3.8, 4) is 0 Å². The number of thioether (sulfide) groups is 1. The number of hydrogen-bond donors (Lipinski definition) is 2. The van der Waals surface area contributed by atoms with Crippen LogP contribution in [0.3, 0.4) is 0 Å². The van der Waals surface area contributed by atoms with Gasteiger partial charge in [0.05, 0.1) is 11.5 Å². The SMILES string of the molecule is CCNC(=O)CSCc1nc2ccc(N)cc2o1. The summed E-state index contributed by atoms with van der Waals surface area (Å²) in [5.41, 5.74) is 7.79. The second-order valence-corrected chi connectivity index (χ2v) is 4.77. The van der Waals surface area contributed by atoms with Crippen LogP contribution in [0.4, 0.5) is 5.69 Å². The van der Waals surface area contributed by atoms with Crippen LogP contribution in [0.25, 0.3) is 11.1 Å². The molecule has 3 N–H and O–H groups in total. The molecule has 0 radical (unpaired) electrons. The third-order valence-corrected chi connectivity index (χ3v) is 3.21. The first-order chi connectivity index (χ1) is 8.69. The van der Waals surface area contributed by atoms with Crippen molar-refractivity contribution in [2.45, 2.75) is 12.7 Å². The average molecular weight is 265 g/mol. The Kier molecular flexibility index (Phi) is 4.09. The highest BCUT2D eigenvalue weighted by molar-refractivity contribution is 7.99. The number of oxazole rings is 1. The van der Waals surface area contributed by atoms with Gasteiger partial charge in [0, 0.05) is 18.3 Å². The number of nitrogens with zero attached hydrogens (tertiary/aromatic N) is 1. The Hall–Kier alpha value is -1.69. The predicted molar refractivity (Wildman–Crippen MR) is 73.3 cm³/mol. The molecule has 0 atom stereocenters. The van der Waals surface area contributed by atoms with Crippen molar-refractivity contribution in [3.63, 3.8) is 0 Å². The van der Waals surface area contributed by atoms with Gasteiger partial charge >= 0.3 is 0 Å². The third-order valence-electron chi connectivity index (χ3n) is 2.29. The average Bonchev–Trinajstić information content (AvgIpc) is 2.71. The van der Waals surface area contributed by atoms with Crippen molar-refractivity contribution in [1.82, 2.24) is 10.3 Å². The van der Waals surface area contributed by atoms with Crippen molar-refractivity contribution in [1.29, 1.82) is 0 Å². The molecule has 0 saturated heterocycles. The van der Waals surface area contributed by atoms with Crippen molar-refractivity contribution in [3.05, 3.63) is 24.1 Å². The van der Waals surface area contributed by atoms with E-state index < -0.39 is 0 Å². The fourth-order valence-electron chi connectivity index (χ4n) is 1.53. The van der Waals surface area contributed by atoms with Crippen molar-refractivity contribution >= 4 is 34.5 Å². The van der Waals surface area contributed by atoms with E-state index in [0.717, 1.165) is 5.52 Å². The molecule has 18 heavy (non-hydrogen) atoms. The Labute approximate surface area is 109 Å². The van der Waals surface area contributed by atoms with Crippen LogP contribution in [-0.4, -0.2) is 23.2 Å². The number of aromatic nitrogens is 1. The van der Waals surface area contributed by atoms with Crippen molar-refractivity contribution in [2.24, 2.45) is 0 Å².